The first kappa shape index (κ1) is 29.1. The van der Waals surface area contributed by atoms with Gasteiger partial charge in [-0.1, -0.05) is 109 Å². The van der Waals surface area contributed by atoms with Crippen LogP contribution in [0.5, 0.6) is 0 Å². The van der Waals surface area contributed by atoms with Crippen LogP contribution in [0.25, 0.3) is 5.57 Å². The van der Waals surface area contributed by atoms with Crippen LogP contribution in [0.1, 0.15) is 147 Å². The minimum atomic E-state index is -0.360. The molecule has 0 aliphatic heterocycles. The minimum absolute atomic E-state index is 0.281. The Morgan fingerprint density at radius 3 is 1.83 bits per heavy atom. The lowest BCUT2D eigenvalue weighted by Crippen LogP contribution is -2.17. The Kier molecular flexibility index (Phi) is 13.3. The Labute approximate surface area is 221 Å². The van der Waals surface area contributed by atoms with Gasteiger partial charge in [0, 0.05) is 5.56 Å². The molecular formula is C34H52F2. The van der Waals surface area contributed by atoms with Crippen LogP contribution in [0.2, 0.25) is 0 Å². The minimum Gasteiger partial charge on any atom is -0.207 e. The van der Waals surface area contributed by atoms with Crippen molar-refractivity contribution in [2.75, 3.05) is 0 Å². The zero-order chi connectivity index (χ0) is 25.6. The summed E-state index contributed by atoms with van der Waals surface area (Å²) in [5, 5.41) is 0. The molecule has 0 aromatic heterocycles. The summed E-state index contributed by atoms with van der Waals surface area (Å²) in [5.41, 5.74) is 3.66. The van der Waals surface area contributed by atoms with E-state index in [0.29, 0.717) is 6.42 Å². The van der Waals surface area contributed by atoms with Crippen molar-refractivity contribution in [3.8, 4) is 0 Å². The lowest BCUT2D eigenvalue weighted by molar-refractivity contribution is 0.278. The molecule has 0 atom stereocenters. The number of allylic oxidation sites excluding steroid dienone is 4. The summed E-state index contributed by atoms with van der Waals surface area (Å²) < 4.78 is 29.7. The van der Waals surface area contributed by atoms with E-state index in [1.54, 1.807) is 17.7 Å². The second kappa shape index (κ2) is 16.4. The Bertz CT molecular complexity index is 803. The van der Waals surface area contributed by atoms with Crippen molar-refractivity contribution in [1.29, 1.82) is 0 Å². The molecule has 2 aliphatic carbocycles. The summed E-state index contributed by atoms with van der Waals surface area (Å²) in [7, 11) is 0. The van der Waals surface area contributed by atoms with Crippen molar-refractivity contribution in [3.05, 3.63) is 52.6 Å². The van der Waals surface area contributed by atoms with Crippen LogP contribution in [0, 0.1) is 23.5 Å². The summed E-state index contributed by atoms with van der Waals surface area (Å²) >= 11 is 0. The van der Waals surface area contributed by atoms with Gasteiger partial charge in [-0.25, -0.2) is 8.78 Å². The number of unbranched alkanes of at least 4 members (excludes halogenated alkanes) is 10. The van der Waals surface area contributed by atoms with E-state index in [-0.39, 0.29) is 17.2 Å². The van der Waals surface area contributed by atoms with E-state index in [4.69, 9.17) is 0 Å². The first-order valence-corrected chi connectivity index (χ1v) is 15.5. The van der Waals surface area contributed by atoms with Crippen LogP contribution in [-0.4, -0.2) is 0 Å². The molecule has 0 unspecified atom stereocenters. The third-order valence-corrected chi connectivity index (χ3v) is 8.81. The zero-order valence-corrected chi connectivity index (χ0v) is 23.4. The van der Waals surface area contributed by atoms with Crippen molar-refractivity contribution >= 4 is 5.57 Å². The van der Waals surface area contributed by atoms with Crippen molar-refractivity contribution in [2.24, 2.45) is 11.8 Å². The first-order chi connectivity index (χ1) is 17.6. The van der Waals surface area contributed by atoms with Gasteiger partial charge in [0.15, 0.2) is 0 Å². The summed E-state index contributed by atoms with van der Waals surface area (Å²) in [6, 6.07) is 3.16. The SMILES string of the molecule is CCCCCCCCCCc1c(F)cc(C2=CC=C(C3CCC(CCCCCC)CC3)CC2)cc1F. The molecule has 1 fully saturated rings. The highest BCUT2D eigenvalue weighted by atomic mass is 19.1. The van der Waals surface area contributed by atoms with E-state index in [0.717, 1.165) is 48.7 Å². The molecule has 0 nitrogen and oxygen atoms in total. The molecule has 202 valence electrons. The average Bonchev–Trinajstić information content (AvgIpc) is 2.90. The van der Waals surface area contributed by atoms with E-state index in [9.17, 15) is 8.78 Å². The van der Waals surface area contributed by atoms with Gasteiger partial charge < -0.3 is 0 Å². The lowest BCUT2D eigenvalue weighted by atomic mass is 9.74. The number of rotatable bonds is 16. The van der Waals surface area contributed by atoms with Crippen LogP contribution in [0.15, 0.2) is 29.9 Å². The zero-order valence-electron chi connectivity index (χ0n) is 23.4. The highest BCUT2D eigenvalue weighted by Crippen LogP contribution is 2.40. The molecule has 0 spiro atoms. The van der Waals surface area contributed by atoms with Gasteiger partial charge >= 0.3 is 0 Å². The Morgan fingerprint density at radius 2 is 1.25 bits per heavy atom. The van der Waals surface area contributed by atoms with Crippen LogP contribution in [0.4, 0.5) is 8.78 Å². The topological polar surface area (TPSA) is 0 Å². The number of hydrogen-bond donors (Lipinski definition) is 0. The molecule has 0 bridgehead atoms. The molecule has 0 amide bonds. The summed E-state index contributed by atoms with van der Waals surface area (Å²) in [5.74, 6) is 0.933. The molecule has 36 heavy (non-hydrogen) atoms. The summed E-state index contributed by atoms with van der Waals surface area (Å²) in [6.45, 7) is 4.51. The molecule has 3 rings (SSSR count). The largest absolute Gasteiger partial charge is 0.207 e. The Morgan fingerprint density at radius 1 is 0.667 bits per heavy atom. The summed E-state index contributed by atoms with van der Waals surface area (Å²) in [4.78, 5) is 0. The highest BCUT2D eigenvalue weighted by molar-refractivity contribution is 5.69. The second-order valence-electron chi connectivity index (χ2n) is 11.6. The lowest BCUT2D eigenvalue weighted by Gasteiger charge is -2.31. The number of hydrogen-bond acceptors (Lipinski definition) is 0. The summed E-state index contributed by atoms with van der Waals surface area (Å²) in [6.07, 6.45) is 28.7. The van der Waals surface area contributed by atoms with Crippen LogP contribution >= 0.6 is 0 Å². The maximum Gasteiger partial charge on any atom is 0.129 e. The third kappa shape index (κ3) is 9.46. The maximum atomic E-state index is 14.8. The molecule has 2 heteroatoms. The van der Waals surface area contributed by atoms with Crippen LogP contribution in [0.3, 0.4) is 0 Å². The molecule has 1 aromatic carbocycles. The van der Waals surface area contributed by atoms with Gasteiger partial charge in [-0.05, 0) is 86.5 Å². The van der Waals surface area contributed by atoms with Crippen molar-refractivity contribution < 1.29 is 8.78 Å². The molecule has 0 radical (unpaired) electrons. The fourth-order valence-corrected chi connectivity index (χ4v) is 6.38. The van der Waals surface area contributed by atoms with Crippen molar-refractivity contribution in [2.45, 2.75) is 142 Å². The normalized spacial score (nSPS) is 20.3. The number of benzene rings is 1. The first-order valence-electron chi connectivity index (χ1n) is 15.5. The van der Waals surface area contributed by atoms with Gasteiger partial charge in [0.25, 0.3) is 0 Å². The standard InChI is InChI=1S/C34H52F2/c1-3-5-7-9-10-11-12-14-16-32-33(35)25-31(26-34(32)36)30-23-21-29(22-24-30)28-19-17-27(18-20-28)15-13-8-6-4-2/h21,23,25-28H,3-20,22,24H2,1-2H3. The van der Waals surface area contributed by atoms with E-state index < -0.39 is 0 Å². The van der Waals surface area contributed by atoms with E-state index in [1.807, 2.05) is 0 Å². The predicted molar refractivity (Wildman–Crippen MR) is 152 cm³/mol. The van der Waals surface area contributed by atoms with Gasteiger partial charge in [-0.15, -0.1) is 0 Å². The maximum absolute atomic E-state index is 14.8. The van der Waals surface area contributed by atoms with E-state index >= 15 is 0 Å². The van der Waals surface area contributed by atoms with Gasteiger partial charge in [-0.2, -0.15) is 0 Å². The van der Waals surface area contributed by atoms with Gasteiger partial charge in [-0.3, -0.25) is 0 Å². The molecular weight excluding hydrogens is 446 g/mol. The molecule has 1 aromatic rings. The van der Waals surface area contributed by atoms with Gasteiger partial charge in [0.2, 0.25) is 0 Å². The third-order valence-electron chi connectivity index (χ3n) is 8.81. The number of halogens is 2. The van der Waals surface area contributed by atoms with Crippen LogP contribution < -0.4 is 0 Å². The van der Waals surface area contributed by atoms with Gasteiger partial charge in [0.1, 0.15) is 11.6 Å². The van der Waals surface area contributed by atoms with E-state index in [1.165, 1.54) is 96.3 Å². The Hall–Kier alpha value is -1.44. The van der Waals surface area contributed by atoms with Crippen molar-refractivity contribution in [3.63, 3.8) is 0 Å². The van der Waals surface area contributed by atoms with Crippen molar-refractivity contribution in [1.82, 2.24) is 0 Å². The molecule has 2 aliphatic rings. The predicted octanol–water partition coefficient (Wildman–Crippen LogP) is 11.5. The Balaban J connectivity index is 1.45. The highest BCUT2D eigenvalue weighted by Gasteiger charge is 2.25. The quantitative estimate of drug-likeness (QED) is 0.199. The fourth-order valence-electron chi connectivity index (χ4n) is 6.38. The molecule has 0 heterocycles. The average molecular weight is 499 g/mol. The molecule has 0 N–H and O–H groups in total. The fraction of sp³-hybridized carbons (Fsp3) is 0.706. The molecule has 1 saturated carbocycles. The monoisotopic (exact) mass is 498 g/mol. The van der Waals surface area contributed by atoms with Gasteiger partial charge in [0.05, 0.1) is 0 Å². The van der Waals surface area contributed by atoms with E-state index in [2.05, 4.69) is 26.0 Å². The van der Waals surface area contributed by atoms with Crippen LogP contribution in [-0.2, 0) is 6.42 Å². The smallest absolute Gasteiger partial charge is 0.129 e. The molecule has 0 saturated heterocycles. The second-order valence-corrected chi connectivity index (χ2v) is 11.6.